The Kier molecular flexibility index (Phi) is 7.14. The van der Waals surface area contributed by atoms with Gasteiger partial charge in [0.1, 0.15) is 5.75 Å². The van der Waals surface area contributed by atoms with Gasteiger partial charge < -0.3 is 15.4 Å². The summed E-state index contributed by atoms with van der Waals surface area (Å²) in [6, 6.07) is 8.46. The van der Waals surface area contributed by atoms with Crippen LogP contribution in [0.1, 0.15) is 11.1 Å². The monoisotopic (exact) mass is 414 g/mol. The number of hydrogen-bond donors (Lipinski definition) is 2. The molecule has 0 radical (unpaired) electrons. The molecule has 2 N–H and O–H groups in total. The van der Waals surface area contributed by atoms with Crippen LogP contribution >= 0.6 is 34.8 Å². The first-order chi connectivity index (χ1) is 12.3. The number of carbonyl (C=O) groups is 2. The summed E-state index contributed by atoms with van der Waals surface area (Å²) in [5.74, 6) is -0.570. The predicted molar refractivity (Wildman–Crippen MR) is 105 cm³/mol. The van der Waals surface area contributed by atoms with Crippen LogP contribution in [0.25, 0.3) is 0 Å². The highest BCUT2D eigenvalue weighted by Gasteiger charge is 2.11. The van der Waals surface area contributed by atoms with E-state index in [1.807, 2.05) is 26.0 Å². The Bertz CT molecular complexity index is 841. The van der Waals surface area contributed by atoms with E-state index in [1.54, 1.807) is 6.07 Å². The lowest BCUT2D eigenvalue weighted by Crippen LogP contribution is -2.35. The molecule has 2 rings (SSSR count). The van der Waals surface area contributed by atoms with Gasteiger partial charge in [-0.05, 0) is 37.1 Å². The maximum atomic E-state index is 12.0. The number of halogens is 3. The molecule has 0 aliphatic heterocycles. The molecule has 0 saturated carbocycles. The van der Waals surface area contributed by atoms with Crippen molar-refractivity contribution in [1.29, 1.82) is 0 Å². The van der Waals surface area contributed by atoms with Crippen LogP contribution in [0.15, 0.2) is 30.3 Å². The van der Waals surface area contributed by atoms with Crippen molar-refractivity contribution in [2.24, 2.45) is 0 Å². The van der Waals surface area contributed by atoms with E-state index in [-0.39, 0.29) is 39.9 Å². The fraction of sp³-hybridized carbons (Fsp3) is 0.222. The number of hydrogen-bond acceptors (Lipinski definition) is 3. The third-order valence-electron chi connectivity index (χ3n) is 3.66. The Labute approximate surface area is 166 Å². The fourth-order valence-electron chi connectivity index (χ4n) is 2.07. The zero-order valence-corrected chi connectivity index (χ0v) is 16.4. The van der Waals surface area contributed by atoms with Crippen molar-refractivity contribution in [3.8, 4) is 5.75 Å². The van der Waals surface area contributed by atoms with Gasteiger partial charge in [-0.1, -0.05) is 46.9 Å². The summed E-state index contributed by atoms with van der Waals surface area (Å²) < 4.78 is 5.30. The SMILES string of the molecule is Cc1cccc(NC(=O)CNC(=O)COc2cc(Cl)c(Cl)cc2Cl)c1C. The number of nitrogens with one attached hydrogen (secondary N) is 2. The molecule has 0 aliphatic carbocycles. The van der Waals surface area contributed by atoms with E-state index in [1.165, 1.54) is 12.1 Å². The van der Waals surface area contributed by atoms with Gasteiger partial charge in [0.05, 0.1) is 21.6 Å². The van der Waals surface area contributed by atoms with Crippen molar-refractivity contribution in [3.05, 3.63) is 56.5 Å². The first-order valence-corrected chi connectivity index (χ1v) is 8.81. The van der Waals surface area contributed by atoms with E-state index in [9.17, 15) is 9.59 Å². The molecule has 2 aromatic carbocycles. The second-order valence-electron chi connectivity index (χ2n) is 5.56. The highest BCUT2D eigenvalue weighted by atomic mass is 35.5. The topological polar surface area (TPSA) is 67.4 Å². The van der Waals surface area contributed by atoms with E-state index in [0.29, 0.717) is 5.69 Å². The minimum absolute atomic E-state index is 0.176. The number of carbonyl (C=O) groups excluding carboxylic acids is 2. The van der Waals surface area contributed by atoms with E-state index < -0.39 is 5.91 Å². The number of rotatable bonds is 6. The van der Waals surface area contributed by atoms with Crippen LogP contribution in [0.5, 0.6) is 5.75 Å². The summed E-state index contributed by atoms with van der Waals surface area (Å²) in [6.45, 7) is 3.38. The van der Waals surface area contributed by atoms with Crippen LogP contribution in [0.3, 0.4) is 0 Å². The highest BCUT2D eigenvalue weighted by Crippen LogP contribution is 2.33. The molecule has 138 valence electrons. The maximum absolute atomic E-state index is 12.0. The molecule has 0 aromatic heterocycles. The molecule has 26 heavy (non-hydrogen) atoms. The largest absolute Gasteiger partial charge is 0.482 e. The van der Waals surface area contributed by atoms with Crippen LogP contribution < -0.4 is 15.4 Å². The molecule has 0 fully saturated rings. The standard InChI is InChI=1S/C18H17Cl3N2O3/c1-10-4-3-5-15(11(10)2)23-17(24)8-22-18(25)9-26-16-7-13(20)12(19)6-14(16)21/h3-7H,8-9H2,1-2H3,(H,22,25)(H,23,24). The molecule has 0 heterocycles. The van der Waals surface area contributed by atoms with E-state index in [0.717, 1.165) is 11.1 Å². The Morgan fingerprint density at radius 3 is 2.42 bits per heavy atom. The van der Waals surface area contributed by atoms with Gasteiger partial charge in [-0.3, -0.25) is 9.59 Å². The first kappa shape index (κ1) is 20.4. The van der Waals surface area contributed by atoms with E-state index in [4.69, 9.17) is 39.5 Å². The predicted octanol–water partition coefficient (Wildman–Crippen LogP) is 4.40. The Balaban J connectivity index is 1.82. The lowest BCUT2D eigenvalue weighted by Gasteiger charge is -2.12. The van der Waals surface area contributed by atoms with Crippen molar-refractivity contribution in [2.45, 2.75) is 13.8 Å². The van der Waals surface area contributed by atoms with Gasteiger partial charge >= 0.3 is 0 Å². The second kappa shape index (κ2) is 9.12. The summed E-state index contributed by atoms with van der Waals surface area (Å²) >= 11 is 17.7. The molecule has 2 amide bonds. The van der Waals surface area contributed by atoms with Crippen molar-refractivity contribution in [1.82, 2.24) is 5.32 Å². The van der Waals surface area contributed by atoms with Crippen molar-refractivity contribution < 1.29 is 14.3 Å². The lowest BCUT2D eigenvalue weighted by atomic mass is 10.1. The van der Waals surface area contributed by atoms with Gasteiger partial charge in [0, 0.05) is 11.8 Å². The van der Waals surface area contributed by atoms with Crippen LogP contribution in [-0.4, -0.2) is 25.0 Å². The van der Waals surface area contributed by atoms with E-state index >= 15 is 0 Å². The summed E-state index contributed by atoms with van der Waals surface area (Å²) in [6.07, 6.45) is 0. The Morgan fingerprint density at radius 1 is 1.00 bits per heavy atom. The molecule has 5 nitrogen and oxygen atoms in total. The fourth-order valence-corrected chi connectivity index (χ4v) is 2.66. The van der Waals surface area contributed by atoms with Crippen LogP contribution in [-0.2, 0) is 9.59 Å². The molecule has 0 aliphatic rings. The van der Waals surface area contributed by atoms with Crippen LogP contribution in [0.2, 0.25) is 15.1 Å². The number of benzene rings is 2. The number of ether oxygens (including phenoxy) is 1. The van der Waals surface area contributed by atoms with Crippen molar-refractivity contribution in [3.63, 3.8) is 0 Å². The molecule has 0 unspecified atom stereocenters. The summed E-state index contributed by atoms with van der Waals surface area (Å²) in [4.78, 5) is 23.8. The summed E-state index contributed by atoms with van der Waals surface area (Å²) in [7, 11) is 0. The number of amides is 2. The normalized spacial score (nSPS) is 10.3. The molecule has 0 atom stereocenters. The molecular weight excluding hydrogens is 399 g/mol. The summed E-state index contributed by atoms with van der Waals surface area (Å²) in [5.41, 5.74) is 2.76. The lowest BCUT2D eigenvalue weighted by molar-refractivity contribution is -0.125. The van der Waals surface area contributed by atoms with Crippen molar-refractivity contribution >= 4 is 52.3 Å². The summed E-state index contributed by atoms with van der Waals surface area (Å²) in [5, 5.41) is 6.02. The second-order valence-corrected chi connectivity index (χ2v) is 6.78. The van der Waals surface area contributed by atoms with Gasteiger partial charge in [0.15, 0.2) is 6.61 Å². The molecule has 2 aromatic rings. The van der Waals surface area contributed by atoms with Gasteiger partial charge in [-0.25, -0.2) is 0 Å². The van der Waals surface area contributed by atoms with Crippen LogP contribution in [0.4, 0.5) is 5.69 Å². The zero-order valence-electron chi connectivity index (χ0n) is 14.2. The smallest absolute Gasteiger partial charge is 0.258 e. The Morgan fingerprint density at radius 2 is 1.69 bits per heavy atom. The third-order valence-corrected chi connectivity index (χ3v) is 4.68. The average molecular weight is 416 g/mol. The van der Waals surface area contributed by atoms with Gasteiger partial charge in [0.2, 0.25) is 5.91 Å². The molecular formula is C18H17Cl3N2O3. The average Bonchev–Trinajstić information content (AvgIpc) is 2.59. The molecule has 0 bridgehead atoms. The van der Waals surface area contributed by atoms with Crippen LogP contribution in [0, 0.1) is 13.8 Å². The molecule has 0 spiro atoms. The third kappa shape index (κ3) is 5.53. The number of anilines is 1. The number of aryl methyl sites for hydroxylation is 1. The van der Waals surface area contributed by atoms with E-state index in [2.05, 4.69) is 10.6 Å². The molecule has 8 heteroatoms. The van der Waals surface area contributed by atoms with Gasteiger partial charge in [-0.2, -0.15) is 0 Å². The highest BCUT2D eigenvalue weighted by molar-refractivity contribution is 6.43. The Hall–Kier alpha value is -1.95. The molecule has 0 saturated heterocycles. The maximum Gasteiger partial charge on any atom is 0.258 e. The zero-order chi connectivity index (χ0) is 19.3. The van der Waals surface area contributed by atoms with Gasteiger partial charge in [-0.15, -0.1) is 0 Å². The van der Waals surface area contributed by atoms with Crippen molar-refractivity contribution in [2.75, 3.05) is 18.5 Å². The first-order valence-electron chi connectivity index (χ1n) is 7.68. The van der Waals surface area contributed by atoms with Gasteiger partial charge in [0.25, 0.3) is 5.91 Å². The minimum atomic E-state index is -0.469. The quantitative estimate of drug-likeness (QED) is 0.687. The minimum Gasteiger partial charge on any atom is -0.482 e.